The van der Waals surface area contributed by atoms with Gasteiger partial charge in [-0.05, 0) is 18.2 Å². The van der Waals surface area contributed by atoms with E-state index in [0.717, 1.165) is 6.07 Å². The SMILES string of the molecule is O=C(c1ccc(F)c(C(F)(F)F)c1)N(CCCl)CCCl. The lowest BCUT2D eigenvalue weighted by Crippen LogP contribution is -2.34. The molecule has 1 rings (SSSR count). The Morgan fingerprint density at radius 1 is 1.15 bits per heavy atom. The van der Waals surface area contributed by atoms with Gasteiger partial charge in [0.2, 0.25) is 0 Å². The van der Waals surface area contributed by atoms with Gasteiger partial charge in [0.15, 0.2) is 0 Å². The van der Waals surface area contributed by atoms with Crippen LogP contribution >= 0.6 is 23.2 Å². The Morgan fingerprint density at radius 3 is 2.15 bits per heavy atom. The van der Waals surface area contributed by atoms with E-state index in [9.17, 15) is 22.4 Å². The van der Waals surface area contributed by atoms with Crippen LogP contribution < -0.4 is 0 Å². The molecule has 20 heavy (non-hydrogen) atoms. The summed E-state index contributed by atoms with van der Waals surface area (Å²) in [6.45, 7) is 0.289. The van der Waals surface area contributed by atoms with Gasteiger partial charge >= 0.3 is 6.18 Å². The topological polar surface area (TPSA) is 20.3 Å². The molecule has 1 aromatic rings. The average Bonchev–Trinajstić information content (AvgIpc) is 2.37. The first-order valence-electron chi connectivity index (χ1n) is 5.59. The fourth-order valence-corrected chi connectivity index (χ4v) is 1.99. The molecule has 0 aromatic heterocycles. The zero-order valence-electron chi connectivity index (χ0n) is 10.2. The van der Waals surface area contributed by atoms with Crippen molar-refractivity contribution in [3.63, 3.8) is 0 Å². The minimum absolute atomic E-state index is 0.121. The Hall–Kier alpha value is -1.01. The van der Waals surface area contributed by atoms with E-state index in [1.807, 2.05) is 0 Å². The lowest BCUT2D eigenvalue weighted by atomic mass is 10.1. The van der Waals surface area contributed by atoms with Crippen LogP contribution in [0, 0.1) is 5.82 Å². The lowest BCUT2D eigenvalue weighted by molar-refractivity contribution is -0.140. The highest BCUT2D eigenvalue weighted by Gasteiger charge is 2.35. The van der Waals surface area contributed by atoms with Crippen molar-refractivity contribution in [2.24, 2.45) is 0 Å². The van der Waals surface area contributed by atoms with Crippen molar-refractivity contribution >= 4 is 29.1 Å². The second kappa shape index (κ2) is 7.13. The molecule has 0 saturated heterocycles. The molecule has 0 N–H and O–H groups in total. The summed E-state index contributed by atoms with van der Waals surface area (Å²) >= 11 is 11.0. The molecule has 0 atom stereocenters. The fraction of sp³-hybridized carbons (Fsp3) is 0.417. The maximum atomic E-state index is 13.1. The second-order valence-electron chi connectivity index (χ2n) is 3.86. The molecule has 0 aliphatic carbocycles. The molecule has 1 amide bonds. The van der Waals surface area contributed by atoms with Gasteiger partial charge in [-0.1, -0.05) is 0 Å². The zero-order valence-corrected chi connectivity index (χ0v) is 11.7. The van der Waals surface area contributed by atoms with E-state index in [0.29, 0.717) is 12.1 Å². The van der Waals surface area contributed by atoms with E-state index in [2.05, 4.69) is 0 Å². The van der Waals surface area contributed by atoms with Crippen molar-refractivity contribution in [3.05, 3.63) is 35.1 Å². The van der Waals surface area contributed by atoms with Crippen LogP contribution in [0.25, 0.3) is 0 Å². The number of hydrogen-bond acceptors (Lipinski definition) is 1. The minimum atomic E-state index is -4.86. The first kappa shape index (κ1) is 17.0. The molecule has 2 nitrogen and oxygen atoms in total. The first-order valence-corrected chi connectivity index (χ1v) is 6.66. The number of carbonyl (C=O) groups is 1. The van der Waals surface area contributed by atoms with Crippen LogP contribution in [-0.4, -0.2) is 35.7 Å². The Morgan fingerprint density at radius 2 is 1.70 bits per heavy atom. The summed E-state index contributed by atoms with van der Waals surface area (Å²) in [5.41, 5.74) is -1.73. The third-order valence-corrected chi connectivity index (χ3v) is 2.85. The highest BCUT2D eigenvalue weighted by Crippen LogP contribution is 2.32. The van der Waals surface area contributed by atoms with Crippen molar-refractivity contribution < 1.29 is 22.4 Å². The van der Waals surface area contributed by atoms with Gasteiger partial charge in [0.1, 0.15) is 5.82 Å². The molecule has 0 unspecified atom stereocenters. The number of benzene rings is 1. The van der Waals surface area contributed by atoms with E-state index in [4.69, 9.17) is 23.2 Å². The molecule has 8 heteroatoms. The van der Waals surface area contributed by atoms with E-state index in [-0.39, 0.29) is 30.4 Å². The molecule has 0 bridgehead atoms. The monoisotopic (exact) mass is 331 g/mol. The zero-order chi connectivity index (χ0) is 15.3. The van der Waals surface area contributed by atoms with Crippen molar-refractivity contribution in [2.75, 3.05) is 24.8 Å². The highest BCUT2D eigenvalue weighted by atomic mass is 35.5. The van der Waals surface area contributed by atoms with Gasteiger partial charge in [-0.15, -0.1) is 23.2 Å². The van der Waals surface area contributed by atoms with E-state index < -0.39 is 23.5 Å². The van der Waals surface area contributed by atoms with Crippen LogP contribution in [0.1, 0.15) is 15.9 Å². The quantitative estimate of drug-likeness (QED) is 0.594. The van der Waals surface area contributed by atoms with Gasteiger partial charge in [0, 0.05) is 30.4 Å². The summed E-state index contributed by atoms with van der Waals surface area (Å²) in [5, 5.41) is 0. The van der Waals surface area contributed by atoms with Crippen molar-refractivity contribution in [2.45, 2.75) is 6.18 Å². The van der Waals surface area contributed by atoms with Crippen LogP contribution in [0.3, 0.4) is 0 Å². The molecule has 0 heterocycles. The van der Waals surface area contributed by atoms with Gasteiger partial charge in [-0.2, -0.15) is 13.2 Å². The molecule has 0 radical (unpaired) electrons. The predicted molar refractivity (Wildman–Crippen MR) is 68.7 cm³/mol. The molecular weight excluding hydrogens is 321 g/mol. The molecule has 0 aliphatic heterocycles. The van der Waals surface area contributed by atoms with Gasteiger partial charge in [0.05, 0.1) is 5.56 Å². The largest absolute Gasteiger partial charge is 0.419 e. The Balaban J connectivity index is 3.10. The molecule has 0 saturated carbocycles. The van der Waals surface area contributed by atoms with E-state index in [1.165, 1.54) is 4.90 Å². The number of carbonyl (C=O) groups excluding carboxylic acids is 1. The van der Waals surface area contributed by atoms with Crippen molar-refractivity contribution in [1.29, 1.82) is 0 Å². The maximum Gasteiger partial charge on any atom is 0.419 e. The molecular formula is C12H11Cl2F4NO. The summed E-state index contributed by atoms with van der Waals surface area (Å²) in [6, 6.07) is 2.12. The smallest absolute Gasteiger partial charge is 0.336 e. The van der Waals surface area contributed by atoms with Crippen LogP contribution in [0.5, 0.6) is 0 Å². The molecule has 0 spiro atoms. The van der Waals surface area contributed by atoms with Crippen LogP contribution in [0.2, 0.25) is 0 Å². The Kier molecular flexibility index (Phi) is 6.07. The van der Waals surface area contributed by atoms with Crippen molar-refractivity contribution in [1.82, 2.24) is 4.90 Å². The summed E-state index contributed by atoms with van der Waals surface area (Å²) < 4.78 is 50.9. The Labute approximate surface area is 123 Å². The van der Waals surface area contributed by atoms with E-state index >= 15 is 0 Å². The number of alkyl halides is 5. The minimum Gasteiger partial charge on any atom is -0.336 e. The third-order valence-electron chi connectivity index (χ3n) is 2.51. The summed E-state index contributed by atoms with van der Waals surface area (Å²) in [7, 11) is 0. The van der Waals surface area contributed by atoms with Gasteiger partial charge in [0.25, 0.3) is 5.91 Å². The summed E-state index contributed by atoms with van der Waals surface area (Å²) in [6.07, 6.45) is -4.86. The maximum absolute atomic E-state index is 13.1. The number of amides is 1. The second-order valence-corrected chi connectivity index (χ2v) is 4.62. The number of hydrogen-bond donors (Lipinski definition) is 0. The lowest BCUT2D eigenvalue weighted by Gasteiger charge is -2.21. The third kappa shape index (κ3) is 4.24. The average molecular weight is 332 g/mol. The normalized spacial score (nSPS) is 11.5. The molecule has 112 valence electrons. The van der Waals surface area contributed by atoms with Gasteiger partial charge < -0.3 is 4.90 Å². The number of nitrogens with zero attached hydrogens (tertiary/aromatic N) is 1. The van der Waals surface area contributed by atoms with Gasteiger partial charge in [-0.25, -0.2) is 4.39 Å². The van der Waals surface area contributed by atoms with E-state index in [1.54, 1.807) is 0 Å². The van der Waals surface area contributed by atoms with Crippen LogP contribution in [-0.2, 0) is 6.18 Å². The predicted octanol–water partition coefficient (Wildman–Crippen LogP) is 3.76. The number of rotatable bonds is 5. The molecule has 0 aliphatic rings. The standard InChI is InChI=1S/C12H11Cl2F4NO/c13-3-5-19(6-4-14)11(20)8-1-2-10(15)9(7-8)12(16,17)18/h1-2,7H,3-6H2. The summed E-state index contributed by atoms with van der Waals surface area (Å²) in [5.74, 6) is -1.85. The first-order chi connectivity index (χ1) is 9.31. The molecule has 1 aromatic carbocycles. The van der Waals surface area contributed by atoms with Crippen LogP contribution in [0.4, 0.5) is 17.6 Å². The fourth-order valence-electron chi connectivity index (χ4n) is 1.58. The van der Waals surface area contributed by atoms with Crippen LogP contribution in [0.15, 0.2) is 18.2 Å². The van der Waals surface area contributed by atoms with Gasteiger partial charge in [-0.3, -0.25) is 4.79 Å². The van der Waals surface area contributed by atoms with Crippen molar-refractivity contribution in [3.8, 4) is 0 Å². The number of halogens is 6. The highest BCUT2D eigenvalue weighted by molar-refractivity contribution is 6.18. The Bertz CT molecular complexity index is 473. The molecule has 0 fully saturated rings. The summed E-state index contributed by atoms with van der Waals surface area (Å²) in [4.78, 5) is 13.2.